The summed E-state index contributed by atoms with van der Waals surface area (Å²) in [6.07, 6.45) is 0.956. The number of carbonyl (C=O) groups is 1. The van der Waals surface area contributed by atoms with Gasteiger partial charge < -0.3 is 5.32 Å². The normalized spacial score (nSPS) is 25.6. The van der Waals surface area contributed by atoms with Gasteiger partial charge in [0.25, 0.3) is 0 Å². The smallest absolute Gasteiger partial charge is 0.151 e. The Morgan fingerprint density at radius 2 is 1.40 bits per heavy atom. The van der Waals surface area contributed by atoms with Crippen LogP contribution in [0.2, 0.25) is 0 Å². The monoisotopic (exact) mass is 396 g/mol. The molecule has 3 aliphatic rings. The van der Waals surface area contributed by atoms with Crippen LogP contribution in [0.4, 0.5) is 0 Å². The Labute approximate surface area is 178 Å². The average molecular weight is 397 g/mol. The third kappa shape index (κ3) is 3.71. The average Bonchev–Trinajstić information content (AvgIpc) is 2.81. The first-order valence-electron chi connectivity index (χ1n) is 11.0. The van der Waals surface area contributed by atoms with Gasteiger partial charge in [0.05, 0.1) is 6.54 Å². The quantitative estimate of drug-likeness (QED) is 0.676. The topological polar surface area (TPSA) is 32.3 Å². The first-order valence-corrected chi connectivity index (χ1v) is 11.0. The standard InChI is InChI=1S/C27H28N2O/c30-24-19-29-17-16-23(24)26(28-18-20-10-4-1-5-11-20)27(29)25(21-12-6-2-7-13-21)22-14-8-3-9-15-22/h1-15,23,25-28H,16-19H2/t23?,26-,27+/m0/s1. The van der Waals surface area contributed by atoms with Crippen LogP contribution >= 0.6 is 0 Å². The second-order valence-corrected chi connectivity index (χ2v) is 8.51. The van der Waals surface area contributed by atoms with Gasteiger partial charge in [-0.3, -0.25) is 9.69 Å². The highest BCUT2D eigenvalue weighted by atomic mass is 16.1. The first-order chi connectivity index (χ1) is 14.8. The van der Waals surface area contributed by atoms with E-state index in [9.17, 15) is 4.79 Å². The molecule has 152 valence electrons. The molecule has 0 aliphatic carbocycles. The number of piperidine rings is 3. The molecule has 2 bridgehead atoms. The molecule has 3 aromatic rings. The summed E-state index contributed by atoms with van der Waals surface area (Å²) in [6.45, 7) is 2.37. The van der Waals surface area contributed by atoms with E-state index in [1.165, 1.54) is 16.7 Å². The van der Waals surface area contributed by atoms with Gasteiger partial charge in [0, 0.05) is 30.5 Å². The maximum absolute atomic E-state index is 12.8. The third-order valence-electron chi connectivity index (χ3n) is 6.77. The Balaban J connectivity index is 1.53. The summed E-state index contributed by atoms with van der Waals surface area (Å²) in [4.78, 5) is 15.3. The molecule has 3 heteroatoms. The van der Waals surface area contributed by atoms with E-state index in [4.69, 9.17) is 0 Å². The number of hydrogen-bond acceptors (Lipinski definition) is 3. The lowest BCUT2D eigenvalue weighted by Gasteiger charge is -2.53. The van der Waals surface area contributed by atoms with Crippen molar-refractivity contribution >= 4 is 5.78 Å². The largest absolute Gasteiger partial charge is 0.308 e. The number of fused-ring (bicyclic) bond motifs is 3. The van der Waals surface area contributed by atoms with Gasteiger partial charge in [0.2, 0.25) is 0 Å². The summed E-state index contributed by atoms with van der Waals surface area (Å²) >= 11 is 0. The van der Waals surface area contributed by atoms with Gasteiger partial charge in [-0.25, -0.2) is 0 Å². The zero-order chi connectivity index (χ0) is 20.3. The highest BCUT2D eigenvalue weighted by Gasteiger charge is 2.49. The van der Waals surface area contributed by atoms with E-state index >= 15 is 0 Å². The Kier molecular flexibility index (Phi) is 5.48. The lowest BCUT2D eigenvalue weighted by molar-refractivity contribution is -0.136. The molecule has 3 heterocycles. The van der Waals surface area contributed by atoms with E-state index < -0.39 is 0 Å². The Morgan fingerprint density at radius 3 is 1.97 bits per heavy atom. The predicted octanol–water partition coefficient (Wildman–Crippen LogP) is 4.25. The van der Waals surface area contributed by atoms with Crippen LogP contribution in [0.15, 0.2) is 91.0 Å². The molecule has 3 aromatic carbocycles. The second-order valence-electron chi connectivity index (χ2n) is 8.51. The number of nitrogens with one attached hydrogen (secondary N) is 1. The molecule has 0 radical (unpaired) electrons. The van der Waals surface area contributed by atoms with Crippen LogP contribution in [0.5, 0.6) is 0 Å². The van der Waals surface area contributed by atoms with E-state index in [0.717, 1.165) is 19.5 Å². The molecule has 2 unspecified atom stereocenters. The summed E-state index contributed by atoms with van der Waals surface area (Å²) in [5.74, 6) is 0.721. The number of hydrogen-bond donors (Lipinski definition) is 1. The molecule has 4 atom stereocenters. The van der Waals surface area contributed by atoms with Crippen LogP contribution in [0.1, 0.15) is 29.0 Å². The zero-order valence-electron chi connectivity index (χ0n) is 17.2. The number of rotatable bonds is 6. The molecule has 1 N–H and O–H groups in total. The van der Waals surface area contributed by atoms with Crippen molar-refractivity contribution in [3.8, 4) is 0 Å². The van der Waals surface area contributed by atoms with Crippen molar-refractivity contribution < 1.29 is 4.79 Å². The van der Waals surface area contributed by atoms with E-state index in [1.54, 1.807) is 0 Å². The maximum atomic E-state index is 12.8. The third-order valence-corrected chi connectivity index (χ3v) is 6.77. The Hall–Kier alpha value is -2.75. The predicted molar refractivity (Wildman–Crippen MR) is 120 cm³/mol. The number of Topliss-reactive ketones (excluding diaryl/α,β-unsaturated/α-hetero) is 1. The minimum atomic E-state index is 0.0960. The summed E-state index contributed by atoms with van der Waals surface area (Å²) < 4.78 is 0. The molecule has 30 heavy (non-hydrogen) atoms. The van der Waals surface area contributed by atoms with Crippen molar-refractivity contribution in [1.82, 2.24) is 10.2 Å². The molecular formula is C27H28N2O. The van der Waals surface area contributed by atoms with Gasteiger partial charge in [0.1, 0.15) is 0 Å². The second kappa shape index (κ2) is 8.55. The highest BCUT2D eigenvalue weighted by molar-refractivity contribution is 5.85. The fourth-order valence-electron chi connectivity index (χ4n) is 5.38. The summed E-state index contributed by atoms with van der Waals surface area (Å²) in [7, 11) is 0. The van der Waals surface area contributed by atoms with Crippen molar-refractivity contribution in [2.75, 3.05) is 13.1 Å². The van der Waals surface area contributed by atoms with Gasteiger partial charge in [-0.1, -0.05) is 91.0 Å². The van der Waals surface area contributed by atoms with Gasteiger partial charge in [0.15, 0.2) is 5.78 Å². The van der Waals surface area contributed by atoms with Crippen molar-refractivity contribution in [2.24, 2.45) is 5.92 Å². The van der Waals surface area contributed by atoms with Crippen LogP contribution in [0, 0.1) is 5.92 Å². The fraction of sp³-hybridized carbons (Fsp3) is 0.296. The van der Waals surface area contributed by atoms with Gasteiger partial charge in [-0.05, 0) is 29.7 Å². The number of carbonyl (C=O) groups excluding carboxylic acids is 1. The van der Waals surface area contributed by atoms with Crippen LogP contribution in [-0.4, -0.2) is 35.9 Å². The van der Waals surface area contributed by atoms with E-state index in [2.05, 4.69) is 95.1 Å². The maximum Gasteiger partial charge on any atom is 0.151 e. The number of ketones is 1. The molecule has 3 fully saturated rings. The molecule has 0 amide bonds. The highest BCUT2D eigenvalue weighted by Crippen LogP contribution is 2.41. The van der Waals surface area contributed by atoms with Gasteiger partial charge in [-0.15, -0.1) is 0 Å². The molecule has 0 spiro atoms. The number of nitrogens with zero attached hydrogens (tertiary/aromatic N) is 1. The van der Waals surface area contributed by atoms with Crippen molar-refractivity contribution in [1.29, 1.82) is 0 Å². The fourth-order valence-corrected chi connectivity index (χ4v) is 5.38. The molecule has 0 saturated carbocycles. The number of benzene rings is 3. The van der Waals surface area contributed by atoms with E-state index in [1.807, 2.05) is 6.07 Å². The van der Waals surface area contributed by atoms with Crippen LogP contribution in [0.25, 0.3) is 0 Å². The lowest BCUT2D eigenvalue weighted by atomic mass is 9.70. The first kappa shape index (κ1) is 19.2. The lowest BCUT2D eigenvalue weighted by Crippen LogP contribution is -2.67. The van der Waals surface area contributed by atoms with Crippen molar-refractivity contribution in [3.05, 3.63) is 108 Å². The molecule has 3 aliphatic heterocycles. The molecule has 3 nitrogen and oxygen atoms in total. The summed E-state index contributed by atoms with van der Waals surface area (Å²) in [5.41, 5.74) is 3.90. The minimum absolute atomic E-state index is 0.0960. The summed E-state index contributed by atoms with van der Waals surface area (Å²) in [6, 6.07) is 32.5. The van der Waals surface area contributed by atoms with E-state index in [0.29, 0.717) is 12.3 Å². The molecule has 3 saturated heterocycles. The van der Waals surface area contributed by atoms with Crippen molar-refractivity contribution in [3.63, 3.8) is 0 Å². The molecule has 6 rings (SSSR count). The minimum Gasteiger partial charge on any atom is -0.308 e. The van der Waals surface area contributed by atoms with E-state index in [-0.39, 0.29) is 23.9 Å². The Bertz CT molecular complexity index is 934. The zero-order valence-corrected chi connectivity index (χ0v) is 17.2. The molecule has 0 aromatic heterocycles. The summed E-state index contributed by atoms with van der Waals surface area (Å²) in [5, 5.41) is 3.81. The van der Waals surface area contributed by atoms with Crippen LogP contribution < -0.4 is 5.32 Å². The SMILES string of the molecule is O=C1CN2CCC1[C@H](NCc1ccccc1)[C@H]2C(c1ccccc1)c1ccccc1. The van der Waals surface area contributed by atoms with Gasteiger partial charge >= 0.3 is 0 Å². The van der Waals surface area contributed by atoms with Crippen LogP contribution in [0.3, 0.4) is 0 Å². The van der Waals surface area contributed by atoms with Crippen molar-refractivity contribution in [2.45, 2.75) is 31.0 Å². The Morgan fingerprint density at radius 1 is 0.833 bits per heavy atom. The molecular weight excluding hydrogens is 368 g/mol. The van der Waals surface area contributed by atoms with Crippen LogP contribution in [-0.2, 0) is 11.3 Å². The van der Waals surface area contributed by atoms with Gasteiger partial charge in [-0.2, -0.15) is 0 Å².